The van der Waals surface area contributed by atoms with Crippen molar-refractivity contribution in [2.45, 2.75) is 12.1 Å². The number of rotatable bonds is 8. The fourth-order valence-electron chi connectivity index (χ4n) is 4.15. The molecule has 0 spiro atoms. The maximum atomic E-state index is 13.8. The number of amides is 1. The van der Waals surface area contributed by atoms with Crippen LogP contribution in [0.2, 0.25) is 0 Å². The summed E-state index contributed by atoms with van der Waals surface area (Å²) in [6.45, 7) is 1.49. The van der Waals surface area contributed by atoms with E-state index in [1.54, 1.807) is 42.5 Å². The lowest BCUT2D eigenvalue weighted by Gasteiger charge is -2.14. The van der Waals surface area contributed by atoms with E-state index in [1.807, 2.05) is 24.3 Å². The molecule has 0 saturated carbocycles. The third-order valence-electron chi connectivity index (χ3n) is 6.03. The number of thioether (sulfide) groups is 1. The predicted molar refractivity (Wildman–Crippen MR) is 148 cm³/mol. The van der Waals surface area contributed by atoms with E-state index in [0.29, 0.717) is 44.6 Å². The molecule has 2 aromatic heterocycles. The van der Waals surface area contributed by atoms with Gasteiger partial charge >= 0.3 is 0 Å². The molecule has 0 radical (unpaired) electrons. The van der Waals surface area contributed by atoms with E-state index in [9.17, 15) is 14.4 Å². The van der Waals surface area contributed by atoms with Gasteiger partial charge in [-0.2, -0.15) is 0 Å². The Kier molecular flexibility index (Phi) is 6.89. The maximum Gasteiger partial charge on any atom is 0.283 e. The Morgan fingerprint density at radius 3 is 2.45 bits per heavy atom. The number of nitrogens with one attached hydrogen (secondary N) is 2. The van der Waals surface area contributed by atoms with Crippen LogP contribution in [0.25, 0.3) is 27.6 Å². The third kappa shape index (κ3) is 4.73. The number of ketones is 1. The molecular weight excluding hydrogens is 504 g/mol. The molecule has 0 bridgehead atoms. The van der Waals surface area contributed by atoms with Gasteiger partial charge in [-0.3, -0.25) is 19.0 Å². The van der Waals surface area contributed by atoms with Crippen molar-refractivity contribution in [3.63, 3.8) is 0 Å². The molecule has 192 valence electrons. The lowest BCUT2D eigenvalue weighted by atomic mass is 10.1. The predicted octanol–water partition coefficient (Wildman–Crippen LogP) is 4.82. The molecule has 5 rings (SSSR count). The molecule has 2 N–H and O–H groups in total. The molecule has 0 saturated heterocycles. The second-order valence-corrected chi connectivity index (χ2v) is 9.38. The summed E-state index contributed by atoms with van der Waals surface area (Å²) >= 11 is 1.14. The van der Waals surface area contributed by atoms with Gasteiger partial charge in [0.25, 0.3) is 5.56 Å². The quantitative estimate of drug-likeness (QED) is 0.169. The highest BCUT2D eigenvalue weighted by Gasteiger charge is 2.19. The van der Waals surface area contributed by atoms with E-state index < -0.39 is 0 Å². The van der Waals surface area contributed by atoms with Crippen molar-refractivity contribution >= 4 is 51.1 Å². The van der Waals surface area contributed by atoms with E-state index in [1.165, 1.54) is 25.7 Å². The summed E-state index contributed by atoms with van der Waals surface area (Å²) in [5, 5.41) is 3.98. The summed E-state index contributed by atoms with van der Waals surface area (Å²) in [6, 6.07) is 19.4. The number of nitrogens with zero attached hydrogens (tertiary/aromatic N) is 2. The van der Waals surface area contributed by atoms with Crippen LogP contribution in [0.5, 0.6) is 11.5 Å². The number of aromatic amines is 1. The molecule has 0 unspecified atom stereocenters. The van der Waals surface area contributed by atoms with Crippen LogP contribution < -0.4 is 20.3 Å². The van der Waals surface area contributed by atoms with E-state index >= 15 is 0 Å². The maximum absolute atomic E-state index is 13.8. The Labute approximate surface area is 221 Å². The van der Waals surface area contributed by atoms with Gasteiger partial charge in [-0.15, -0.1) is 0 Å². The lowest BCUT2D eigenvalue weighted by molar-refractivity contribution is -0.113. The van der Waals surface area contributed by atoms with Gasteiger partial charge in [-0.05, 0) is 49.4 Å². The van der Waals surface area contributed by atoms with Crippen LogP contribution in [-0.4, -0.2) is 46.2 Å². The number of ether oxygens (including phenoxy) is 2. The zero-order valence-corrected chi connectivity index (χ0v) is 21.7. The normalized spacial score (nSPS) is 11.0. The zero-order valence-electron chi connectivity index (χ0n) is 20.9. The van der Waals surface area contributed by atoms with Crippen molar-refractivity contribution in [3.05, 3.63) is 82.6 Å². The molecule has 3 aromatic carbocycles. The van der Waals surface area contributed by atoms with Crippen LogP contribution in [0.1, 0.15) is 17.3 Å². The van der Waals surface area contributed by atoms with E-state index in [0.717, 1.165) is 22.7 Å². The molecule has 0 fully saturated rings. The second kappa shape index (κ2) is 10.4. The first-order valence-electron chi connectivity index (χ1n) is 11.7. The molecule has 9 nitrogen and oxygen atoms in total. The van der Waals surface area contributed by atoms with Crippen LogP contribution in [0.15, 0.2) is 76.7 Å². The first-order valence-corrected chi connectivity index (χ1v) is 12.7. The molecule has 0 aliphatic rings. The van der Waals surface area contributed by atoms with Crippen molar-refractivity contribution in [2.24, 2.45) is 0 Å². The third-order valence-corrected chi connectivity index (χ3v) is 6.97. The summed E-state index contributed by atoms with van der Waals surface area (Å²) < 4.78 is 12.2. The standard InChI is InChI=1S/C28H24N4O5S/c1-16(33)17-8-10-18(11-9-17)29-24(34)15-38-28-31-25-20-6-4-5-7-21(20)30-26(25)27(35)32(28)19-12-13-22(36-2)23(14-19)37-3/h4-14,30H,15H2,1-3H3,(H,29,34). The summed E-state index contributed by atoms with van der Waals surface area (Å²) in [5.41, 5.74) is 3.03. The Bertz CT molecular complexity index is 1740. The fourth-order valence-corrected chi connectivity index (χ4v) is 4.95. The fraction of sp³-hybridized carbons (Fsp3) is 0.143. The SMILES string of the molecule is COc1ccc(-n2c(SCC(=O)Nc3ccc(C(C)=O)cc3)nc3c([nH]c4ccccc43)c2=O)cc1OC. The van der Waals surface area contributed by atoms with Crippen LogP contribution in [-0.2, 0) is 4.79 Å². The van der Waals surface area contributed by atoms with Crippen molar-refractivity contribution < 1.29 is 19.1 Å². The number of H-pyrrole nitrogens is 1. The van der Waals surface area contributed by atoms with Crippen molar-refractivity contribution in [2.75, 3.05) is 25.3 Å². The number of Topliss-reactive ketones (excluding diaryl/α,β-unsaturated/α-hetero) is 1. The van der Waals surface area contributed by atoms with Gasteiger partial charge in [0, 0.05) is 28.2 Å². The molecule has 5 aromatic rings. The van der Waals surface area contributed by atoms with Crippen LogP contribution in [0.3, 0.4) is 0 Å². The number of aromatic nitrogens is 3. The monoisotopic (exact) mass is 528 g/mol. The van der Waals surface area contributed by atoms with E-state index in [-0.39, 0.29) is 23.0 Å². The first kappa shape index (κ1) is 25.1. The summed E-state index contributed by atoms with van der Waals surface area (Å²) in [5.74, 6) is 0.648. The largest absolute Gasteiger partial charge is 0.493 e. The lowest BCUT2D eigenvalue weighted by Crippen LogP contribution is -2.23. The number of hydrogen-bond donors (Lipinski definition) is 2. The minimum atomic E-state index is -0.304. The number of anilines is 1. The Balaban J connectivity index is 1.53. The Morgan fingerprint density at radius 2 is 1.74 bits per heavy atom. The highest BCUT2D eigenvalue weighted by molar-refractivity contribution is 7.99. The molecule has 0 aliphatic heterocycles. The average molecular weight is 529 g/mol. The molecule has 10 heteroatoms. The molecule has 1 amide bonds. The van der Waals surface area contributed by atoms with E-state index in [2.05, 4.69) is 10.3 Å². The van der Waals surface area contributed by atoms with Gasteiger partial charge in [0.05, 0.1) is 25.7 Å². The van der Waals surface area contributed by atoms with Gasteiger partial charge in [0.15, 0.2) is 22.4 Å². The molecular formula is C28H24N4O5S. The van der Waals surface area contributed by atoms with Gasteiger partial charge in [0.2, 0.25) is 5.91 Å². The summed E-state index contributed by atoms with van der Waals surface area (Å²) in [7, 11) is 3.06. The van der Waals surface area contributed by atoms with Gasteiger partial charge < -0.3 is 19.8 Å². The summed E-state index contributed by atoms with van der Waals surface area (Å²) in [6.07, 6.45) is 0. The summed E-state index contributed by atoms with van der Waals surface area (Å²) in [4.78, 5) is 46.1. The number of hydrogen-bond acceptors (Lipinski definition) is 7. The number of carbonyl (C=O) groups is 2. The van der Waals surface area contributed by atoms with Crippen molar-refractivity contribution in [1.29, 1.82) is 0 Å². The van der Waals surface area contributed by atoms with Crippen LogP contribution >= 0.6 is 11.8 Å². The van der Waals surface area contributed by atoms with Gasteiger partial charge in [-0.1, -0.05) is 30.0 Å². The minimum absolute atomic E-state index is 0.00204. The molecule has 2 heterocycles. The zero-order chi connectivity index (χ0) is 26.8. The minimum Gasteiger partial charge on any atom is -0.493 e. The number of carbonyl (C=O) groups excluding carboxylic acids is 2. The average Bonchev–Trinajstić information content (AvgIpc) is 3.31. The number of benzene rings is 3. The van der Waals surface area contributed by atoms with Gasteiger partial charge in [0.1, 0.15) is 11.0 Å². The van der Waals surface area contributed by atoms with Crippen LogP contribution in [0, 0.1) is 0 Å². The number of para-hydroxylation sites is 1. The molecule has 0 atom stereocenters. The smallest absolute Gasteiger partial charge is 0.283 e. The Hall–Kier alpha value is -4.57. The van der Waals surface area contributed by atoms with Gasteiger partial charge in [-0.25, -0.2) is 4.98 Å². The highest BCUT2D eigenvalue weighted by atomic mass is 32.2. The van der Waals surface area contributed by atoms with Crippen molar-refractivity contribution in [3.8, 4) is 17.2 Å². The Morgan fingerprint density at radius 1 is 1.00 bits per heavy atom. The number of methoxy groups -OCH3 is 2. The highest BCUT2D eigenvalue weighted by Crippen LogP contribution is 2.31. The number of fused-ring (bicyclic) bond motifs is 3. The van der Waals surface area contributed by atoms with Crippen LogP contribution in [0.4, 0.5) is 5.69 Å². The topological polar surface area (TPSA) is 115 Å². The van der Waals surface area contributed by atoms with Crippen molar-refractivity contribution in [1.82, 2.24) is 14.5 Å². The van der Waals surface area contributed by atoms with E-state index in [4.69, 9.17) is 14.5 Å². The second-order valence-electron chi connectivity index (χ2n) is 8.44. The molecule has 38 heavy (non-hydrogen) atoms. The first-order chi connectivity index (χ1) is 18.4. The molecule has 0 aliphatic carbocycles.